The molecule has 0 saturated carbocycles. The number of sulfonamides is 1. The van der Waals surface area contributed by atoms with Crippen LogP contribution in [0.4, 0.5) is 15.8 Å². The lowest BCUT2D eigenvalue weighted by atomic mass is 10.1. The van der Waals surface area contributed by atoms with Crippen LogP contribution in [0.3, 0.4) is 0 Å². The summed E-state index contributed by atoms with van der Waals surface area (Å²) >= 11 is 6.07. The molecule has 3 aromatic rings. The van der Waals surface area contributed by atoms with Crippen molar-refractivity contribution in [1.29, 1.82) is 0 Å². The molecule has 0 fully saturated rings. The van der Waals surface area contributed by atoms with E-state index in [4.69, 9.17) is 11.6 Å². The zero-order valence-electron chi connectivity index (χ0n) is 17.1. The fraction of sp³-hybridized carbons (Fsp3) is 0.0909. The van der Waals surface area contributed by atoms with Crippen molar-refractivity contribution in [3.63, 3.8) is 0 Å². The topological polar surface area (TPSA) is 95.6 Å². The molecular formula is C22H19ClFN3O4S. The molecule has 0 saturated heterocycles. The second kappa shape index (κ2) is 9.37. The first kappa shape index (κ1) is 23.2. The zero-order valence-corrected chi connectivity index (χ0v) is 18.7. The average molecular weight is 476 g/mol. The molecule has 0 bridgehead atoms. The van der Waals surface area contributed by atoms with E-state index < -0.39 is 21.7 Å². The minimum absolute atomic E-state index is 0.136. The molecule has 0 atom stereocenters. The van der Waals surface area contributed by atoms with Crippen molar-refractivity contribution in [1.82, 2.24) is 4.90 Å². The number of halogens is 2. The van der Waals surface area contributed by atoms with Gasteiger partial charge in [0.2, 0.25) is 0 Å². The Balaban J connectivity index is 1.76. The lowest BCUT2D eigenvalue weighted by Gasteiger charge is -2.13. The Morgan fingerprint density at radius 2 is 1.62 bits per heavy atom. The van der Waals surface area contributed by atoms with Crippen LogP contribution in [0.5, 0.6) is 0 Å². The number of nitrogens with zero attached hydrogens (tertiary/aromatic N) is 1. The summed E-state index contributed by atoms with van der Waals surface area (Å²) in [7, 11) is -0.876. The van der Waals surface area contributed by atoms with Gasteiger partial charge in [0.05, 0.1) is 21.2 Å². The molecule has 3 aromatic carbocycles. The Hall–Kier alpha value is -3.43. The molecule has 0 aromatic heterocycles. The van der Waals surface area contributed by atoms with Crippen LogP contribution in [0.2, 0.25) is 5.02 Å². The first-order chi connectivity index (χ1) is 15.1. The van der Waals surface area contributed by atoms with E-state index in [2.05, 4.69) is 10.0 Å². The molecule has 0 heterocycles. The number of nitrogens with one attached hydrogen (secondary N) is 2. The van der Waals surface area contributed by atoms with Crippen LogP contribution in [0.1, 0.15) is 20.7 Å². The lowest BCUT2D eigenvalue weighted by molar-refractivity contribution is 0.0827. The Kier molecular flexibility index (Phi) is 6.81. The number of hydrogen-bond donors (Lipinski definition) is 2. The second-order valence-electron chi connectivity index (χ2n) is 6.96. The first-order valence-corrected chi connectivity index (χ1v) is 11.1. The maximum absolute atomic E-state index is 13.7. The van der Waals surface area contributed by atoms with Crippen LogP contribution in [0, 0.1) is 5.82 Å². The van der Waals surface area contributed by atoms with Gasteiger partial charge < -0.3 is 10.2 Å². The summed E-state index contributed by atoms with van der Waals surface area (Å²) in [6, 6.07) is 15.0. The summed E-state index contributed by atoms with van der Waals surface area (Å²) < 4.78 is 40.9. The SMILES string of the molecule is CN(C)C(=O)c1cc(NC(=O)c2ccc(S(=O)(=O)Nc3ccccc3F)cc2)ccc1Cl. The number of hydrogen-bond acceptors (Lipinski definition) is 4. The molecule has 0 unspecified atom stereocenters. The second-order valence-corrected chi connectivity index (χ2v) is 9.05. The van der Waals surface area contributed by atoms with E-state index in [0.29, 0.717) is 5.69 Å². The molecule has 2 amide bonds. The first-order valence-electron chi connectivity index (χ1n) is 9.28. The molecule has 10 heteroatoms. The third kappa shape index (κ3) is 5.24. The quantitative estimate of drug-likeness (QED) is 0.557. The fourth-order valence-corrected chi connectivity index (χ4v) is 4.01. The molecule has 0 spiro atoms. The highest BCUT2D eigenvalue weighted by atomic mass is 35.5. The van der Waals surface area contributed by atoms with E-state index in [9.17, 15) is 22.4 Å². The number of rotatable bonds is 6. The van der Waals surface area contributed by atoms with E-state index in [-0.39, 0.29) is 32.6 Å². The highest BCUT2D eigenvalue weighted by Crippen LogP contribution is 2.23. The van der Waals surface area contributed by atoms with Gasteiger partial charge in [-0.1, -0.05) is 23.7 Å². The van der Waals surface area contributed by atoms with Gasteiger partial charge in [0, 0.05) is 25.3 Å². The van der Waals surface area contributed by atoms with E-state index in [1.54, 1.807) is 20.2 Å². The van der Waals surface area contributed by atoms with E-state index in [1.807, 2.05) is 0 Å². The molecule has 0 radical (unpaired) electrons. The Labute approximate surface area is 189 Å². The van der Waals surface area contributed by atoms with Gasteiger partial charge in [0.25, 0.3) is 21.8 Å². The maximum atomic E-state index is 13.7. The molecule has 166 valence electrons. The van der Waals surface area contributed by atoms with Crippen molar-refractivity contribution in [3.8, 4) is 0 Å². The number of carbonyl (C=O) groups excluding carboxylic acids is 2. The van der Waals surface area contributed by atoms with Crippen molar-refractivity contribution in [2.75, 3.05) is 24.1 Å². The van der Waals surface area contributed by atoms with Gasteiger partial charge in [-0.2, -0.15) is 0 Å². The monoisotopic (exact) mass is 475 g/mol. The van der Waals surface area contributed by atoms with Crippen LogP contribution in [0.15, 0.2) is 71.6 Å². The van der Waals surface area contributed by atoms with Gasteiger partial charge in [-0.15, -0.1) is 0 Å². The van der Waals surface area contributed by atoms with Crippen LogP contribution < -0.4 is 10.0 Å². The lowest BCUT2D eigenvalue weighted by Crippen LogP contribution is -2.22. The van der Waals surface area contributed by atoms with Gasteiger partial charge in [-0.3, -0.25) is 14.3 Å². The Morgan fingerprint density at radius 1 is 0.969 bits per heavy atom. The van der Waals surface area contributed by atoms with Gasteiger partial charge in [-0.25, -0.2) is 12.8 Å². The third-order valence-corrected chi connectivity index (χ3v) is 6.12. The van der Waals surface area contributed by atoms with Crippen molar-refractivity contribution in [2.45, 2.75) is 4.90 Å². The maximum Gasteiger partial charge on any atom is 0.261 e. The van der Waals surface area contributed by atoms with Gasteiger partial charge in [-0.05, 0) is 54.6 Å². The summed E-state index contributed by atoms with van der Waals surface area (Å²) in [6.07, 6.45) is 0. The van der Waals surface area contributed by atoms with Crippen LogP contribution in [-0.4, -0.2) is 39.2 Å². The van der Waals surface area contributed by atoms with E-state index >= 15 is 0 Å². The Morgan fingerprint density at radius 3 is 2.25 bits per heavy atom. The smallest absolute Gasteiger partial charge is 0.261 e. The third-order valence-electron chi connectivity index (χ3n) is 4.41. The van der Waals surface area contributed by atoms with Crippen molar-refractivity contribution in [2.24, 2.45) is 0 Å². The van der Waals surface area contributed by atoms with Gasteiger partial charge >= 0.3 is 0 Å². The summed E-state index contributed by atoms with van der Waals surface area (Å²) in [4.78, 5) is 26.0. The molecule has 2 N–H and O–H groups in total. The van der Waals surface area contributed by atoms with Gasteiger partial charge in [0.1, 0.15) is 5.82 Å². The largest absolute Gasteiger partial charge is 0.345 e. The predicted molar refractivity (Wildman–Crippen MR) is 121 cm³/mol. The molecule has 0 aliphatic heterocycles. The summed E-state index contributed by atoms with van der Waals surface area (Å²) in [5.74, 6) is -1.54. The summed E-state index contributed by atoms with van der Waals surface area (Å²) in [5.41, 5.74) is 0.586. The molecular weight excluding hydrogens is 457 g/mol. The molecule has 7 nitrogen and oxygen atoms in total. The molecule has 32 heavy (non-hydrogen) atoms. The van der Waals surface area contributed by atoms with E-state index in [1.165, 1.54) is 59.5 Å². The summed E-state index contributed by atoms with van der Waals surface area (Å²) in [6.45, 7) is 0. The number of para-hydroxylation sites is 1. The standard InChI is InChI=1S/C22H19ClFN3O4S/c1-27(2)22(29)17-13-15(9-12-18(17)23)25-21(28)14-7-10-16(11-8-14)32(30,31)26-20-6-4-3-5-19(20)24/h3-13,26H,1-2H3,(H,25,28). The Bertz CT molecular complexity index is 1280. The zero-order chi connectivity index (χ0) is 23.5. The highest BCUT2D eigenvalue weighted by Gasteiger charge is 2.18. The highest BCUT2D eigenvalue weighted by molar-refractivity contribution is 7.92. The number of carbonyl (C=O) groups is 2. The van der Waals surface area contributed by atoms with Crippen molar-refractivity contribution < 1.29 is 22.4 Å². The summed E-state index contributed by atoms with van der Waals surface area (Å²) in [5, 5.41) is 2.89. The number of benzene rings is 3. The minimum atomic E-state index is -4.04. The van der Waals surface area contributed by atoms with Gasteiger partial charge in [0.15, 0.2) is 0 Å². The minimum Gasteiger partial charge on any atom is -0.345 e. The van der Waals surface area contributed by atoms with Crippen molar-refractivity contribution in [3.05, 3.63) is 88.7 Å². The van der Waals surface area contributed by atoms with Crippen LogP contribution >= 0.6 is 11.6 Å². The molecule has 3 rings (SSSR count). The predicted octanol–water partition coefficient (Wildman–Crippen LogP) is 4.23. The molecule has 0 aliphatic carbocycles. The van der Waals surface area contributed by atoms with Crippen molar-refractivity contribution >= 4 is 44.8 Å². The number of anilines is 2. The van der Waals surface area contributed by atoms with E-state index in [0.717, 1.165) is 6.07 Å². The normalized spacial score (nSPS) is 11.0. The average Bonchev–Trinajstić information content (AvgIpc) is 2.76. The van der Waals surface area contributed by atoms with Crippen LogP contribution in [0.25, 0.3) is 0 Å². The fourth-order valence-electron chi connectivity index (χ4n) is 2.74. The molecule has 0 aliphatic rings. The number of amides is 2. The van der Waals surface area contributed by atoms with Crippen LogP contribution in [-0.2, 0) is 10.0 Å².